The quantitative estimate of drug-likeness (QED) is 0.704. The lowest BCUT2D eigenvalue weighted by Gasteiger charge is -2.21. The van der Waals surface area contributed by atoms with Gasteiger partial charge in [0.05, 0.1) is 5.69 Å². The maximum atomic E-state index is 14.1. The van der Waals surface area contributed by atoms with Crippen LogP contribution in [-0.2, 0) is 0 Å². The second-order valence-corrected chi connectivity index (χ2v) is 5.31. The zero-order chi connectivity index (χ0) is 15.8. The summed E-state index contributed by atoms with van der Waals surface area (Å²) in [7, 11) is 1.73. The molecule has 0 unspecified atom stereocenters. The van der Waals surface area contributed by atoms with Gasteiger partial charge in [0.1, 0.15) is 11.4 Å². The van der Waals surface area contributed by atoms with E-state index < -0.39 is 23.1 Å². The highest BCUT2D eigenvalue weighted by Crippen LogP contribution is 2.24. The Bertz CT molecular complexity index is 478. The molecule has 1 aromatic carbocycles. The molecule has 0 radical (unpaired) electrons. The highest BCUT2D eigenvalue weighted by molar-refractivity contribution is 5.94. The van der Waals surface area contributed by atoms with Crippen LogP contribution in [0.15, 0.2) is 12.1 Å². The summed E-state index contributed by atoms with van der Waals surface area (Å²) in [6.45, 7) is 2.83. The SMILES string of the molecule is CCCCCCCCN(C)c1ccc(F)c(C(N)=O)c1F. The van der Waals surface area contributed by atoms with E-state index in [-0.39, 0.29) is 5.69 Å². The van der Waals surface area contributed by atoms with Gasteiger partial charge in [-0.3, -0.25) is 4.79 Å². The molecule has 0 fully saturated rings. The molecule has 3 nitrogen and oxygen atoms in total. The third kappa shape index (κ3) is 4.99. The third-order valence-electron chi connectivity index (χ3n) is 3.58. The summed E-state index contributed by atoms with van der Waals surface area (Å²) in [6.07, 6.45) is 6.84. The average molecular weight is 298 g/mol. The van der Waals surface area contributed by atoms with E-state index >= 15 is 0 Å². The molecule has 118 valence electrons. The minimum absolute atomic E-state index is 0.207. The molecule has 2 N–H and O–H groups in total. The largest absolute Gasteiger partial charge is 0.372 e. The number of nitrogens with zero attached hydrogens (tertiary/aromatic N) is 1. The normalized spacial score (nSPS) is 10.7. The highest BCUT2D eigenvalue weighted by Gasteiger charge is 2.19. The number of carbonyl (C=O) groups is 1. The van der Waals surface area contributed by atoms with Crippen molar-refractivity contribution in [2.45, 2.75) is 45.4 Å². The summed E-state index contributed by atoms with van der Waals surface area (Å²) >= 11 is 0. The van der Waals surface area contributed by atoms with Crippen LogP contribution in [0.4, 0.5) is 14.5 Å². The van der Waals surface area contributed by atoms with Gasteiger partial charge in [0.25, 0.3) is 5.91 Å². The Morgan fingerprint density at radius 3 is 2.38 bits per heavy atom. The first-order chi connectivity index (χ1) is 9.99. The Kier molecular flexibility index (Phi) is 7.12. The molecule has 0 saturated carbocycles. The maximum absolute atomic E-state index is 14.1. The molecule has 0 saturated heterocycles. The fourth-order valence-electron chi connectivity index (χ4n) is 2.31. The van der Waals surface area contributed by atoms with Crippen molar-refractivity contribution in [1.82, 2.24) is 0 Å². The van der Waals surface area contributed by atoms with Crippen LogP contribution >= 0.6 is 0 Å². The summed E-state index contributed by atoms with van der Waals surface area (Å²) < 4.78 is 27.5. The minimum atomic E-state index is -1.08. The minimum Gasteiger partial charge on any atom is -0.372 e. The molecule has 0 aliphatic heterocycles. The highest BCUT2D eigenvalue weighted by atomic mass is 19.1. The van der Waals surface area contributed by atoms with Gasteiger partial charge in [0.2, 0.25) is 0 Å². The van der Waals surface area contributed by atoms with Crippen LogP contribution in [-0.4, -0.2) is 19.5 Å². The molecule has 0 aliphatic carbocycles. The van der Waals surface area contributed by atoms with Crippen LogP contribution in [0.3, 0.4) is 0 Å². The number of halogens is 2. The molecule has 0 bridgehead atoms. The number of hydrogen-bond donors (Lipinski definition) is 1. The molecular formula is C16H24F2N2O. The van der Waals surface area contributed by atoms with Crippen molar-refractivity contribution < 1.29 is 13.6 Å². The Balaban J connectivity index is 2.60. The topological polar surface area (TPSA) is 46.3 Å². The number of rotatable bonds is 9. The second-order valence-electron chi connectivity index (χ2n) is 5.31. The number of carbonyl (C=O) groups excluding carboxylic acids is 1. The fourth-order valence-corrected chi connectivity index (χ4v) is 2.31. The van der Waals surface area contributed by atoms with Crippen LogP contribution in [0, 0.1) is 11.6 Å². The average Bonchev–Trinajstić information content (AvgIpc) is 2.42. The van der Waals surface area contributed by atoms with Crippen molar-refractivity contribution in [3.8, 4) is 0 Å². The van der Waals surface area contributed by atoms with E-state index in [4.69, 9.17) is 5.73 Å². The monoisotopic (exact) mass is 298 g/mol. The lowest BCUT2D eigenvalue weighted by molar-refractivity contribution is 0.0992. The smallest absolute Gasteiger partial charge is 0.254 e. The molecule has 1 aromatic rings. The van der Waals surface area contributed by atoms with Crippen LogP contribution in [0.2, 0.25) is 0 Å². The molecule has 5 heteroatoms. The van der Waals surface area contributed by atoms with Gasteiger partial charge in [-0.05, 0) is 18.6 Å². The van der Waals surface area contributed by atoms with Gasteiger partial charge >= 0.3 is 0 Å². The predicted octanol–water partition coefficient (Wildman–Crippen LogP) is 3.86. The number of amides is 1. The van der Waals surface area contributed by atoms with Crippen LogP contribution in [0.1, 0.15) is 55.8 Å². The van der Waals surface area contributed by atoms with Crippen LogP contribution < -0.4 is 10.6 Å². The van der Waals surface area contributed by atoms with E-state index in [1.165, 1.54) is 31.7 Å². The summed E-state index contributed by atoms with van der Waals surface area (Å²) in [5.41, 5.74) is 4.56. The van der Waals surface area contributed by atoms with Crippen molar-refractivity contribution in [2.75, 3.05) is 18.5 Å². The van der Waals surface area contributed by atoms with Crippen LogP contribution in [0.5, 0.6) is 0 Å². The van der Waals surface area contributed by atoms with E-state index in [2.05, 4.69) is 6.92 Å². The molecule has 0 spiro atoms. The van der Waals surface area contributed by atoms with E-state index in [1.54, 1.807) is 11.9 Å². The molecule has 0 aromatic heterocycles. The van der Waals surface area contributed by atoms with Gasteiger partial charge < -0.3 is 10.6 Å². The third-order valence-corrected chi connectivity index (χ3v) is 3.58. The number of primary amides is 1. The lowest BCUT2D eigenvalue weighted by Crippen LogP contribution is -2.23. The molecule has 1 rings (SSSR count). The number of unbranched alkanes of at least 4 members (excludes halogenated alkanes) is 5. The Morgan fingerprint density at radius 1 is 1.14 bits per heavy atom. The molecule has 1 amide bonds. The first-order valence-corrected chi connectivity index (χ1v) is 7.48. The van der Waals surface area contributed by atoms with Gasteiger partial charge in [-0.2, -0.15) is 0 Å². The molecular weight excluding hydrogens is 274 g/mol. The van der Waals surface area contributed by atoms with Gasteiger partial charge in [-0.25, -0.2) is 8.78 Å². The van der Waals surface area contributed by atoms with Gasteiger partial charge in [-0.15, -0.1) is 0 Å². The zero-order valence-electron chi connectivity index (χ0n) is 12.8. The maximum Gasteiger partial charge on any atom is 0.254 e. The lowest BCUT2D eigenvalue weighted by atomic mass is 10.1. The van der Waals surface area contributed by atoms with Gasteiger partial charge in [0, 0.05) is 13.6 Å². The Morgan fingerprint density at radius 2 is 1.76 bits per heavy atom. The summed E-state index contributed by atoms with van der Waals surface area (Å²) in [5.74, 6) is -2.88. The van der Waals surface area contributed by atoms with E-state index in [0.29, 0.717) is 6.54 Å². The first-order valence-electron chi connectivity index (χ1n) is 7.48. The Hall–Kier alpha value is -1.65. The predicted molar refractivity (Wildman–Crippen MR) is 81.5 cm³/mol. The summed E-state index contributed by atoms with van der Waals surface area (Å²) in [4.78, 5) is 12.8. The van der Waals surface area contributed by atoms with Gasteiger partial charge in [0.15, 0.2) is 5.82 Å². The number of anilines is 1. The number of benzene rings is 1. The van der Waals surface area contributed by atoms with Crippen molar-refractivity contribution in [1.29, 1.82) is 0 Å². The van der Waals surface area contributed by atoms with E-state index in [9.17, 15) is 13.6 Å². The molecule has 0 atom stereocenters. The van der Waals surface area contributed by atoms with Crippen LogP contribution in [0.25, 0.3) is 0 Å². The molecule has 0 aliphatic rings. The van der Waals surface area contributed by atoms with Crippen molar-refractivity contribution in [3.05, 3.63) is 29.3 Å². The second kappa shape index (κ2) is 8.60. The zero-order valence-corrected chi connectivity index (χ0v) is 12.8. The molecule has 21 heavy (non-hydrogen) atoms. The van der Waals surface area contributed by atoms with Crippen molar-refractivity contribution in [2.24, 2.45) is 5.73 Å². The van der Waals surface area contributed by atoms with Crippen molar-refractivity contribution in [3.63, 3.8) is 0 Å². The number of nitrogens with two attached hydrogens (primary N) is 1. The van der Waals surface area contributed by atoms with Gasteiger partial charge in [-0.1, -0.05) is 39.0 Å². The summed E-state index contributed by atoms with van der Waals surface area (Å²) in [5, 5.41) is 0. The molecule has 0 heterocycles. The number of hydrogen-bond acceptors (Lipinski definition) is 2. The fraction of sp³-hybridized carbons (Fsp3) is 0.562. The Labute approximate surface area is 125 Å². The summed E-state index contributed by atoms with van der Waals surface area (Å²) in [6, 6.07) is 2.42. The van der Waals surface area contributed by atoms with E-state index in [0.717, 1.165) is 18.9 Å². The van der Waals surface area contributed by atoms with E-state index in [1.807, 2.05) is 0 Å². The van der Waals surface area contributed by atoms with Crippen molar-refractivity contribution >= 4 is 11.6 Å². The standard InChI is InChI=1S/C16H24F2N2O/c1-3-4-5-6-7-8-11-20(2)13-10-9-12(17)14(15(13)18)16(19)21/h9-10H,3-8,11H2,1-2H3,(H2,19,21). The first kappa shape index (κ1) is 17.4.